The number of imidazole rings is 1. The van der Waals surface area contributed by atoms with Crippen molar-refractivity contribution < 1.29 is 13.2 Å². The van der Waals surface area contributed by atoms with Crippen LogP contribution in [0.25, 0.3) is 0 Å². The maximum Gasteiger partial charge on any atom is 0.406 e. The number of thiocarbonyl (C=S) groups is 1. The highest BCUT2D eigenvalue weighted by Gasteiger charge is 2.29. The number of hydrogen-bond acceptors (Lipinski definition) is 2. The minimum atomic E-state index is -4.29. The lowest BCUT2D eigenvalue weighted by atomic mass is 10.5. The van der Waals surface area contributed by atoms with E-state index >= 15 is 0 Å². The Morgan fingerprint density at radius 2 is 2.23 bits per heavy atom. The second-order valence-electron chi connectivity index (χ2n) is 2.36. The van der Waals surface area contributed by atoms with Crippen molar-refractivity contribution >= 4 is 17.2 Å². The summed E-state index contributed by atoms with van der Waals surface area (Å²) in [6, 6.07) is 0. The van der Waals surface area contributed by atoms with Crippen molar-refractivity contribution in [1.82, 2.24) is 9.55 Å². The molecule has 0 aliphatic heterocycles. The van der Waals surface area contributed by atoms with E-state index in [1.807, 2.05) is 0 Å². The Hall–Kier alpha value is -1.11. The van der Waals surface area contributed by atoms with Crippen LogP contribution in [0.4, 0.5) is 13.2 Å². The first-order chi connectivity index (χ1) is 5.90. The van der Waals surface area contributed by atoms with Gasteiger partial charge in [0.15, 0.2) is 5.82 Å². The molecule has 0 atom stereocenters. The highest BCUT2D eigenvalue weighted by Crippen LogP contribution is 2.18. The van der Waals surface area contributed by atoms with E-state index in [0.717, 1.165) is 4.57 Å². The number of alkyl halides is 3. The van der Waals surface area contributed by atoms with Crippen LogP contribution in [0.5, 0.6) is 0 Å². The van der Waals surface area contributed by atoms with E-state index in [9.17, 15) is 13.2 Å². The number of halogens is 3. The summed E-state index contributed by atoms with van der Waals surface area (Å²) in [5.74, 6) is -0.0210. The fourth-order valence-electron chi connectivity index (χ4n) is 0.855. The fraction of sp³-hybridized carbons (Fsp3) is 0.333. The molecule has 1 aromatic heterocycles. The largest absolute Gasteiger partial charge is 0.406 e. The van der Waals surface area contributed by atoms with E-state index in [-0.39, 0.29) is 10.8 Å². The standard InChI is InChI=1S/C6H6F3N3S/c7-6(8,9)3-12-2-1-11-5(12)4(10)13/h1-2H,3H2,(H2,10,13). The molecule has 0 bridgehead atoms. The zero-order valence-corrected chi connectivity index (χ0v) is 7.19. The van der Waals surface area contributed by atoms with Crippen LogP contribution < -0.4 is 5.73 Å². The first-order valence-electron chi connectivity index (χ1n) is 3.28. The van der Waals surface area contributed by atoms with Crippen LogP contribution in [0.3, 0.4) is 0 Å². The van der Waals surface area contributed by atoms with Crippen molar-refractivity contribution in [1.29, 1.82) is 0 Å². The van der Waals surface area contributed by atoms with Gasteiger partial charge in [-0.3, -0.25) is 0 Å². The molecule has 1 rings (SSSR count). The SMILES string of the molecule is NC(=S)c1nccn1CC(F)(F)F. The minimum Gasteiger partial charge on any atom is -0.387 e. The van der Waals surface area contributed by atoms with Crippen LogP contribution in [0.1, 0.15) is 5.82 Å². The van der Waals surface area contributed by atoms with Crippen molar-refractivity contribution in [2.24, 2.45) is 5.73 Å². The van der Waals surface area contributed by atoms with E-state index in [1.54, 1.807) is 0 Å². The maximum absolute atomic E-state index is 11.9. The van der Waals surface area contributed by atoms with Gasteiger partial charge in [0.2, 0.25) is 0 Å². The smallest absolute Gasteiger partial charge is 0.387 e. The van der Waals surface area contributed by atoms with Gasteiger partial charge in [-0.2, -0.15) is 13.2 Å². The van der Waals surface area contributed by atoms with Crippen molar-refractivity contribution in [2.75, 3.05) is 0 Å². The summed E-state index contributed by atoms with van der Waals surface area (Å²) >= 11 is 4.52. The monoisotopic (exact) mass is 209 g/mol. The molecule has 0 fully saturated rings. The van der Waals surface area contributed by atoms with Gasteiger partial charge >= 0.3 is 6.18 Å². The Kier molecular flexibility index (Phi) is 2.55. The van der Waals surface area contributed by atoms with Crippen molar-refractivity contribution in [2.45, 2.75) is 12.7 Å². The van der Waals surface area contributed by atoms with Crippen molar-refractivity contribution in [3.05, 3.63) is 18.2 Å². The third-order valence-corrected chi connectivity index (χ3v) is 1.47. The van der Waals surface area contributed by atoms with Crippen LogP contribution in [-0.4, -0.2) is 20.7 Å². The Morgan fingerprint density at radius 1 is 1.62 bits per heavy atom. The second kappa shape index (κ2) is 3.33. The van der Waals surface area contributed by atoms with E-state index in [0.29, 0.717) is 0 Å². The number of rotatable bonds is 2. The van der Waals surface area contributed by atoms with E-state index in [4.69, 9.17) is 5.73 Å². The molecule has 72 valence electrons. The minimum absolute atomic E-state index is 0.0210. The Bertz CT molecular complexity index is 317. The Labute approximate surface area is 77.4 Å². The number of aromatic nitrogens is 2. The number of nitrogens with two attached hydrogens (primary N) is 1. The zero-order chi connectivity index (χ0) is 10.1. The van der Waals surface area contributed by atoms with Gasteiger partial charge in [-0.05, 0) is 0 Å². The van der Waals surface area contributed by atoms with Crippen LogP contribution in [0.15, 0.2) is 12.4 Å². The molecule has 3 nitrogen and oxygen atoms in total. The summed E-state index contributed by atoms with van der Waals surface area (Å²) in [6.07, 6.45) is -1.89. The van der Waals surface area contributed by atoms with Gasteiger partial charge in [0.1, 0.15) is 11.5 Å². The van der Waals surface area contributed by atoms with Crippen molar-refractivity contribution in [3.63, 3.8) is 0 Å². The summed E-state index contributed by atoms with van der Waals surface area (Å²) < 4.78 is 36.7. The van der Waals surface area contributed by atoms with Gasteiger partial charge in [-0.1, -0.05) is 12.2 Å². The van der Waals surface area contributed by atoms with Crippen LogP contribution in [0.2, 0.25) is 0 Å². The van der Waals surface area contributed by atoms with Crippen LogP contribution in [0, 0.1) is 0 Å². The normalized spacial score (nSPS) is 11.6. The highest BCUT2D eigenvalue weighted by molar-refractivity contribution is 7.80. The van der Waals surface area contributed by atoms with E-state index < -0.39 is 12.7 Å². The lowest BCUT2D eigenvalue weighted by Gasteiger charge is -2.09. The quantitative estimate of drug-likeness (QED) is 0.741. The first kappa shape index (κ1) is 9.97. The molecular formula is C6H6F3N3S. The lowest BCUT2D eigenvalue weighted by Crippen LogP contribution is -2.23. The summed E-state index contributed by atoms with van der Waals surface area (Å²) in [4.78, 5) is 3.45. The van der Waals surface area contributed by atoms with Gasteiger partial charge in [-0.25, -0.2) is 4.98 Å². The topological polar surface area (TPSA) is 43.8 Å². The summed E-state index contributed by atoms with van der Waals surface area (Å²) in [6.45, 7) is -1.13. The van der Waals surface area contributed by atoms with E-state index in [2.05, 4.69) is 17.2 Å². The molecule has 0 saturated carbocycles. The molecule has 0 amide bonds. The molecule has 0 radical (unpaired) electrons. The molecule has 0 spiro atoms. The third kappa shape index (κ3) is 2.69. The predicted octanol–water partition coefficient (Wildman–Crippen LogP) is 1.08. The first-order valence-corrected chi connectivity index (χ1v) is 3.68. The molecule has 0 aliphatic rings. The molecule has 2 N–H and O–H groups in total. The summed E-state index contributed by atoms with van der Waals surface area (Å²) in [7, 11) is 0. The predicted molar refractivity (Wildman–Crippen MR) is 44.2 cm³/mol. The fourth-order valence-corrected chi connectivity index (χ4v) is 1.03. The van der Waals surface area contributed by atoms with Crippen molar-refractivity contribution in [3.8, 4) is 0 Å². The number of nitrogens with zero attached hydrogens (tertiary/aromatic N) is 2. The highest BCUT2D eigenvalue weighted by atomic mass is 32.1. The lowest BCUT2D eigenvalue weighted by molar-refractivity contribution is -0.140. The molecule has 1 aromatic rings. The Balaban J connectivity index is 2.89. The van der Waals surface area contributed by atoms with Crippen LogP contribution in [-0.2, 0) is 6.54 Å². The van der Waals surface area contributed by atoms with Gasteiger partial charge in [0.25, 0.3) is 0 Å². The Morgan fingerprint density at radius 3 is 2.69 bits per heavy atom. The van der Waals surface area contributed by atoms with Gasteiger partial charge in [0.05, 0.1) is 0 Å². The zero-order valence-electron chi connectivity index (χ0n) is 6.38. The average Bonchev–Trinajstić information content (AvgIpc) is 2.31. The molecule has 0 unspecified atom stereocenters. The molecule has 7 heteroatoms. The molecule has 0 saturated heterocycles. The molecule has 13 heavy (non-hydrogen) atoms. The van der Waals surface area contributed by atoms with Crippen LogP contribution >= 0.6 is 12.2 Å². The molecule has 0 aromatic carbocycles. The third-order valence-electron chi connectivity index (χ3n) is 1.29. The average molecular weight is 209 g/mol. The van der Waals surface area contributed by atoms with Gasteiger partial charge < -0.3 is 10.3 Å². The molecule has 0 aliphatic carbocycles. The summed E-state index contributed by atoms with van der Waals surface area (Å²) in [5.41, 5.74) is 5.16. The maximum atomic E-state index is 11.9. The number of hydrogen-bond donors (Lipinski definition) is 1. The van der Waals surface area contributed by atoms with Gasteiger partial charge in [0, 0.05) is 12.4 Å². The second-order valence-corrected chi connectivity index (χ2v) is 2.80. The molecule has 1 heterocycles. The van der Waals surface area contributed by atoms with Gasteiger partial charge in [-0.15, -0.1) is 0 Å². The summed E-state index contributed by atoms with van der Waals surface area (Å²) in [5, 5.41) is 0. The van der Waals surface area contributed by atoms with E-state index in [1.165, 1.54) is 12.4 Å². The molecular weight excluding hydrogens is 203 g/mol.